The minimum atomic E-state index is -0.326. The summed E-state index contributed by atoms with van der Waals surface area (Å²) in [6.45, 7) is 8.22. The summed E-state index contributed by atoms with van der Waals surface area (Å²) >= 11 is 2.61. The summed E-state index contributed by atoms with van der Waals surface area (Å²) in [6.07, 6.45) is 4.43. The van der Waals surface area contributed by atoms with E-state index in [0.29, 0.717) is 27.4 Å². The molecule has 11 nitrogen and oxygen atoms in total. The summed E-state index contributed by atoms with van der Waals surface area (Å²) in [6, 6.07) is 0. The average Bonchev–Trinajstić information content (AvgIpc) is 3.46. The Morgan fingerprint density at radius 1 is 1.19 bits per heavy atom. The molecular weight excluding hydrogens is 438 g/mol. The van der Waals surface area contributed by atoms with E-state index >= 15 is 0 Å². The lowest BCUT2D eigenvalue weighted by Crippen LogP contribution is -2.33. The SMILES string of the molecule is CSc1nsc(N=Nc2c(C(C)(C)C)[nH]n3nc(C(C)CN4C(=O)C=CC4=O)nc23)n1. The van der Waals surface area contributed by atoms with E-state index in [4.69, 9.17) is 0 Å². The van der Waals surface area contributed by atoms with E-state index in [2.05, 4.69) is 55.5 Å². The van der Waals surface area contributed by atoms with Crippen LogP contribution < -0.4 is 0 Å². The van der Waals surface area contributed by atoms with Crippen molar-refractivity contribution in [3.8, 4) is 0 Å². The van der Waals surface area contributed by atoms with Crippen LogP contribution in [0.4, 0.5) is 10.8 Å². The van der Waals surface area contributed by atoms with Gasteiger partial charge in [-0.3, -0.25) is 19.6 Å². The highest BCUT2D eigenvalue weighted by Crippen LogP contribution is 2.35. The fourth-order valence-electron chi connectivity index (χ4n) is 3.04. The zero-order valence-electron chi connectivity index (χ0n) is 17.6. The number of rotatable bonds is 6. The van der Waals surface area contributed by atoms with Crippen molar-refractivity contribution in [1.82, 2.24) is 34.1 Å². The molecule has 3 aromatic rings. The minimum absolute atomic E-state index is 0.197. The highest BCUT2D eigenvalue weighted by atomic mass is 32.2. The molecule has 0 spiro atoms. The maximum atomic E-state index is 11.9. The molecule has 0 aliphatic carbocycles. The Morgan fingerprint density at radius 3 is 2.52 bits per heavy atom. The first kappa shape index (κ1) is 21.3. The number of nitrogens with one attached hydrogen (secondary N) is 1. The fourth-order valence-corrected chi connectivity index (χ4v) is 4.09. The first-order valence-electron chi connectivity index (χ1n) is 9.49. The number of hydrogen-bond acceptors (Lipinski definition) is 10. The number of carbonyl (C=O) groups is 2. The van der Waals surface area contributed by atoms with Gasteiger partial charge in [-0.15, -0.1) is 15.3 Å². The van der Waals surface area contributed by atoms with Gasteiger partial charge in [0.1, 0.15) is 0 Å². The molecule has 0 saturated carbocycles. The van der Waals surface area contributed by atoms with Crippen molar-refractivity contribution in [3.63, 3.8) is 0 Å². The van der Waals surface area contributed by atoms with Crippen LogP contribution in [0.15, 0.2) is 27.5 Å². The largest absolute Gasteiger partial charge is 0.277 e. The molecule has 1 N–H and O–H groups in total. The lowest BCUT2D eigenvalue weighted by atomic mass is 9.91. The highest BCUT2D eigenvalue weighted by Gasteiger charge is 2.29. The Labute approximate surface area is 186 Å². The van der Waals surface area contributed by atoms with Gasteiger partial charge in [0.25, 0.3) is 11.8 Å². The molecule has 4 heterocycles. The summed E-state index contributed by atoms with van der Waals surface area (Å²) in [7, 11) is 0. The molecular formula is C18H21N9O2S2. The normalized spacial score (nSPS) is 15.8. The molecule has 0 saturated heterocycles. The maximum Gasteiger partial charge on any atom is 0.253 e. The summed E-state index contributed by atoms with van der Waals surface area (Å²) in [4.78, 5) is 33.8. The summed E-state index contributed by atoms with van der Waals surface area (Å²) in [5.74, 6) is -0.409. The summed E-state index contributed by atoms with van der Waals surface area (Å²) in [5, 5.41) is 17.5. The van der Waals surface area contributed by atoms with E-state index in [9.17, 15) is 9.59 Å². The van der Waals surface area contributed by atoms with Crippen LogP contribution in [0.1, 0.15) is 45.1 Å². The van der Waals surface area contributed by atoms with Crippen LogP contribution in [0.5, 0.6) is 0 Å². The number of carbonyl (C=O) groups excluding carboxylic acids is 2. The third kappa shape index (κ3) is 4.14. The first-order valence-corrected chi connectivity index (χ1v) is 11.5. The third-order valence-electron chi connectivity index (χ3n) is 4.65. The highest BCUT2D eigenvalue weighted by molar-refractivity contribution is 7.98. The number of fused-ring (bicyclic) bond motifs is 1. The quantitative estimate of drug-likeness (QED) is 0.339. The predicted molar refractivity (Wildman–Crippen MR) is 116 cm³/mol. The monoisotopic (exact) mass is 459 g/mol. The molecule has 3 aromatic heterocycles. The number of aromatic nitrogens is 6. The van der Waals surface area contributed by atoms with Crippen molar-refractivity contribution in [2.75, 3.05) is 12.8 Å². The molecule has 1 aliphatic heterocycles. The van der Waals surface area contributed by atoms with Crippen LogP contribution in [0.25, 0.3) is 5.65 Å². The van der Waals surface area contributed by atoms with Gasteiger partial charge in [-0.1, -0.05) is 39.5 Å². The van der Waals surface area contributed by atoms with Crippen molar-refractivity contribution in [1.29, 1.82) is 0 Å². The second-order valence-corrected chi connectivity index (χ2v) is 9.58. The number of hydrogen-bond donors (Lipinski definition) is 1. The number of imide groups is 1. The molecule has 1 atom stereocenters. The first-order chi connectivity index (χ1) is 14.7. The molecule has 13 heteroatoms. The van der Waals surface area contributed by atoms with Gasteiger partial charge in [-0.2, -0.15) is 14.0 Å². The molecule has 0 fully saturated rings. The third-order valence-corrected chi connectivity index (χ3v) is 5.92. The van der Waals surface area contributed by atoms with Gasteiger partial charge in [-0.05, 0) is 6.26 Å². The van der Waals surface area contributed by atoms with Gasteiger partial charge in [0, 0.05) is 41.6 Å². The number of aromatic amines is 1. The number of thioether (sulfide) groups is 1. The lowest BCUT2D eigenvalue weighted by molar-refractivity contribution is -0.137. The van der Waals surface area contributed by atoms with Crippen LogP contribution in [-0.4, -0.2) is 58.7 Å². The van der Waals surface area contributed by atoms with Gasteiger partial charge in [-0.25, -0.2) is 4.98 Å². The number of azo groups is 1. The zero-order valence-corrected chi connectivity index (χ0v) is 19.3. The van der Waals surface area contributed by atoms with Gasteiger partial charge in [0.2, 0.25) is 15.9 Å². The van der Waals surface area contributed by atoms with Crippen LogP contribution in [0, 0.1) is 0 Å². The standard InChI is InChI=1S/C18H21N9O2S2/c1-9(8-26-10(28)6-7-11(26)29)14-19-15-12(13(18(2,3)4)23-27(15)24-14)21-22-16-20-17(30-5)25-31-16/h6-7,9,23H,8H2,1-5H3. The number of H-pyrrole nitrogens is 1. The molecule has 2 amide bonds. The van der Waals surface area contributed by atoms with E-state index in [1.54, 1.807) is 4.63 Å². The van der Waals surface area contributed by atoms with Crippen molar-refractivity contribution in [2.24, 2.45) is 10.2 Å². The van der Waals surface area contributed by atoms with E-state index in [-0.39, 0.29) is 29.7 Å². The van der Waals surface area contributed by atoms with Crippen LogP contribution in [-0.2, 0) is 15.0 Å². The van der Waals surface area contributed by atoms with Crippen LogP contribution in [0.3, 0.4) is 0 Å². The van der Waals surface area contributed by atoms with Gasteiger partial charge in [0.15, 0.2) is 11.5 Å². The predicted octanol–water partition coefficient (Wildman–Crippen LogP) is 3.37. The molecule has 0 aromatic carbocycles. The van der Waals surface area contributed by atoms with Crippen LogP contribution >= 0.6 is 23.3 Å². The summed E-state index contributed by atoms with van der Waals surface area (Å²) in [5.41, 5.74) is 1.65. The second kappa shape index (κ2) is 7.96. The van der Waals surface area contributed by atoms with E-state index in [0.717, 1.165) is 5.69 Å². The Bertz CT molecular complexity index is 1200. The van der Waals surface area contributed by atoms with Crippen molar-refractivity contribution >= 4 is 51.6 Å². The summed E-state index contributed by atoms with van der Waals surface area (Å²) < 4.78 is 5.75. The van der Waals surface area contributed by atoms with Crippen molar-refractivity contribution < 1.29 is 9.59 Å². The molecule has 0 radical (unpaired) electrons. The molecule has 162 valence electrons. The smallest absolute Gasteiger partial charge is 0.253 e. The average molecular weight is 460 g/mol. The fraction of sp³-hybridized carbons (Fsp3) is 0.444. The topological polar surface area (TPSA) is 134 Å². The van der Waals surface area contributed by atoms with E-state index in [1.165, 1.54) is 40.3 Å². The Kier molecular flexibility index (Phi) is 5.47. The van der Waals surface area contributed by atoms with Crippen LogP contribution in [0.2, 0.25) is 0 Å². The van der Waals surface area contributed by atoms with E-state index < -0.39 is 0 Å². The van der Waals surface area contributed by atoms with Gasteiger partial charge in [0.05, 0.1) is 5.69 Å². The van der Waals surface area contributed by atoms with Gasteiger partial charge < -0.3 is 0 Å². The molecule has 31 heavy (non-hydrogen) atoms. The Morgan fingerprint density at radius 2 is 1.90 bits per heavy atom. The van der Waals surface area contributed by atoms with E-state index in [1.807, 2.05) is 13.2 Å². The Balaban J connectivity index is 1.67. The number of amides is 2. The van der Waals surface area contributed by atoms with Crippen molar-refractivity contribution in [2.45, 2.75) is 44.2 Å². The molecule has 1 aliphatic rings. The molecule has 1 unspecified atom stereocenters. The second-order valence-electron chi connectivity index (χ2n) is 8.08. The Hall–Kier alpha value is -2.93. The van der Waals surface area contributed by atoms with Crippen molar-refractivity contribution in [3.05, 3.63) is 23.7 Å². The van der Waals surface area contributed by atoms with Gasteiger partial charge >= 0.3 is 0 Å². The minimum Gasteiger partial charge on any atom is -0.277 e. The maximum absolute atomic E-state index is 11.9. The number of nitrogens with zero attached hydrogens (tertiary/aromatic N) is 8. The zero-order chi connectivity index (χ0) is 22.3. The lowest BCUT2D eigenvalue weighted by Gasteiger charge is -2.17. The molecule has 4 rings (SSSR count). The molecule has 0 bridgehead atoms.